The van der Waals surface area contributed by atoms with Crippen molar-refractivity contribution >= 4 is 5.91 Å². The summed E-state index contributed by atoms with van der Waals surface area (Å²) in [5.74, 6) is 2.36. The Bertz CT molecular complexity index is 1030. The van der Waals surface area contributed by atoms with Gasteiger partial charge in [-0.25, -0.2) is 4.68 Å². The average Bonchev–Trinajstić information content (AvgIpc) is 3.23. The molecule has 7 heteroatoms. The van der Waals surface area contributed by atoms with Crippen LogP contribution in [0.4, 0.5) is 0 Å². The van der Waals surface area contributed by atoms with Crippen molar-refractivity contribution in [3.05, 3.63) is 54.2 Å². The molecule has 0 fully saturated rings. The zero-order chi connectivity index (χ0) is 22.4. The molecule has 1 amide bonds. The Morgan fingerprint density at radius 2 is 1.65 bits per heavy atom. The van der Waals surface area contributed by atoms with Gasteiger partial charge in [0.15, 0.2) is 0 Å². The van der Waals surface area contributed by atoms with Crippen molar-refractivity contribution < 1.29 is 19.0 Å². The monoisotopic (exact) mass is 423 g/mol. The number of nitrogens with zero attached hydrogens (tertiary/aromatic N) is 2. The molecule has 0 bridgehead atoms. The van der Waals surface area contributed by atoms with Crippen molar-refractivity contribution in [1.82, 2.24) is 15.1 Å². The molecule has 0 aliphatic heterocycles. The Morgan fingerprint density at radius 3 is 2.26 bits per heavy atom. The molecular weight excluding hydrogens is 394 g/mol. The highest BCUT2D eigenvalue weighted by Crippen LogP contribution is 2.33. The molecule has 31 heavy (non-hydrogen) atoms. The third kappa shape index (κ3) is 5.17. The predicted octanol–water partition coefficient (Wildman–Crippen LogP) is 4.34. The van der Waals surface area contributed by atoms with Crippen LogP contribution in [0.15, 0.2) is 48.5 Å². The van der Waals surface area contributed by atoms with E-state index in [0.29, 0.717) is 35.3 Å². The van der Waals surface area contributed by atoms with Crippen molar-refractivity contribution in [2.24, 2.45) is 5.92 Å². The lowest BCUT2D eigenvalue weighted by Gasteiger charge is -2.10. The Hall–Kier alpha value is -3.48. The number of amides is 1. The van der Waals surface area contributed by atoms with Gasteiger partial charge < -0.3 is 19.5 Å². The number of carbonyl (C=O) groups excluding carboxylic acids is 1. The van der Waals surface area contributed by atoms with E-state index >= 15 is 0 Å². The highest BCUT2D eigenvalue weighted by Gasteiger charge is 2.20. The number of ether oxygens (including phenoxy) is 3. The number of rotatable bonds is 9. The lowest BCUT2D eigenvalue weighted by molar-refractivity contribution is 0.0944. The second-order valence-electron chi connectivity index (χ2n) is 7.53. The average molecular weight is 424 g/mol. The molecule has 164 valence electrons. The summed E-state index contributed by atoms with van der Waals surface area (Å²) in [5, 5.41) is 7.73. The quantitative estimate of drug-likeness (QED) is 0.554. The van der Waals surface area contributed by atoms with Crippen molar-refractivity contribution in [3.63, 3.8) is 0 Å². The van der Waals surface area contributed by atoms with Gasteiger partial charge in [0.1, 0.15) is 22.9 Å². The van der Waals surface area contributed by atoms with E-state index in [9.17, 15) is 4.79 Å². The first kappa shape index (κ1) is 22.2. The first-order valence-corrected chi connectivity index (χ1v) is 10.2. The summed E-state index contributed by atoms with van der Waals surface area (Å²) in [7, 11) is 4.81. The highest BCUT2D eigenvalue weighted by molar-refractivity contribution is 5.94. The van der Waals surface area contributed by atoms with Crippen molar-refractivity contribution in [2.75, 3.05) is 27.9 Å². The van der Waals surface area contributed by atoms with Crippen LogP contribution < -0.4 is 19.5 Å². The molecule has 0 saturated carbocycles. The van der Waals surface area contributed by atoms with Gasteiger partial charge in [-0.05, 0) is 54.8 Å². The summed E-state index contributed by atoms with van der Waals surface area (Å²) in [6.45, 7) is 4.86. The van der Waals surface area contributed by atoms with Crippen LogP contribution in [0.2, 0.25) is 0 Å². The van der Waals surface area contributed by atoms with Crippen LogP contribution in [0.5, 0.6) is 17.2 Å². The minimum Gasteiger partial charge on any atom is -0.497 e. The van der Waals surface area contributed by atoms with Crippen LogP contribution >= 0.6 is 0 Å². The number of hydrogen-bond acceptors (Lipinski definition) is 5. The largest absolute Gasteiger partial charge is 0.497 e. The summed E-state index contributed by atoms with van der Waals surface area (Å²) in [4.78, 5) is 13.0. The molecule has 3 aromatic rings. The highest BCUT2D eigenvalue weighted by atomic mass is 16.5. The molecular formula is C24H29N3O4. The lowest BCUT2D eigenvalue weighted by atomic mass is 10.1. The molecule has 0 unspecified atom stereocenters. The summed E-state index contributed by atoms with van der Waals surface area (Å²) < 4.78 is 17.7. The second kappa shape index (κ2) is 10.0. The third-order valence-corrected chi connectivity index (χ3v) is 4.95. The summed E-state index contributed by atoms with van der Waals surface area (Å²) in [6.07, 6.45) is 0.904. The zero-order valence-electron chi connectivity index (χ0n) is 18.6. The maximum absolute atomic E-state index is 13.0. The van der Waals surface area contributed by atoms with Gasteiger partial charge >= 0.3 is 0 Å². The topological polar surface area (TPSA) is 74.6 Å². The Morgan fingerprint density at radius 1 is 0.968 bits per heavy atom. The van der Waals surface area contributed by atoms with Crippen LogP contribution in [0.1, 0.15) is 30.8 Å². The predicted molar refractivity (Wildman–Crippen MR) is 120 cm³/mol. The first-order valence-electron chi connectivity index (χ1n) is 10.2. The van der Waals surface area contributed by atoms with Gasteiger partial charge in [0.25, 0.3) is 5.91 Å². The zero-order valence-corrected chi connectivity index (χ0v) is 18.6. The van der Waals surface area contributed by atoms with Crippen LogP contribution in [-0.2, 0) is 0 Å². The van der Waals surface area contributed by atoms with Crippen LogP contribution in [-0.4, -0.2) is 43.6 Å². The smallest absolute Gasteiger partial charge is 0.270 e. The number of methoxy groups -OCH3 is 3. The molecule has 1 aromatic heterocycles. The van der Waals surface area contributed by atoms with Crippen LogP contribution in [0, 0.1) is 5.92 Å². The van der Waals surface area contributed by atoms with Gasteiger partial charge in [-0.2, -0.15) is 5.10 Å². The lowest BCUT2D eigenvalue weighted by Crippen LogP contribution is -2.27. The number of benzene rings is 2. The molecule has 0 spiro atoms. The Labute approximate surface area is 182 Å². The van der Waals surface area contributed by atoms with Crippen molar-refractivity contribution in [2.45, 2.75) is 20.3 Å². The number of hydrogen-bond donors (Lipinski definition) is 1. The maximum atomic E-state index is 13.0. The maximum Gasteiger partial charge on any atom is 0.270 e. The number of carbonyl (C=O) groups is 1. The van der Waals surface area contributed by atoms with Gasteiger partial charge in [-0.3, -0.25) is 4.79 Å². The molecule has 0 radical (unpaired) electrons. The van der Waals surface area contributed by atoms with E-state index in [1.54, 1.807) is 38.1 Å². The van der Waals surface area contributed by atoms with Crippen molar-refractivity contribution in [3.8, 4) is 34.2 Å². The number of nitrogens with one attached hydrogen (secondary N) is 1. The Kier molecular flexibility index (Phi) is 7.18. The fraction of sp³-hybridized carbons (Fsp3) is 0.333. The molecule has 3 rings (SSSR count). The minimum absolute atomic E-state index is 0.178. The number of aromatic nitrogens is 2. The van der Waals surface area contributed by atoms with E-state index in [1.165, 1.54) is 0 Å². The molecule has 0 aliphatic rings. The van der Waals surface area contributed by atoms with Gasteiger partial charge in [0.2, 0.25) is 0 Å². The normalized spacial score (nSPS) is 10.8. The molecule has 2 aromatic carbocycles. The van der Waals surface area contributed by atoms with E-state index in [0.717, 1.165) is 23.4 Å². The van der Waals surface area contributed by atoms with Gasteiger partial charge in [0.05, 0.1) is 32.7 Å². The van der Waals surface area contributed by atoms with Gasteiger partial charge in [-0.1, -0.05) is 13.8 Å². The molecule has 0 saturated heterocycles. The summed E-state index contributed by atoms with van der Waals surface area (Å²) >= 11 is 0. The SMILES string of the molecule is COc1ccc(-n2nc(-c3ccc(OC)cc3OC)cc2C(=O)NCCC(C)C)cc1. The van der Waals surface area contributed by atoms with E-state index in [1.807, 2.05) is 36.4 Å². The van der Waals surface area contributed by atoms with Gasteiger partial charge in [-0.15, -0.1) is 0 Å². The minimum atomic E-state index is -0.178. The summed E-state index contributed by atoms with van der Waals surface area (Å²) in [6, 6.07) is 14.7. The van der Waals surface area contributed by atoms with E-state index in [2.05, 4.69) is 19.2 Å². The Balaban J connectivity index is 2.04. The summed E-state index contributed by atoms with van der Waals surface area (Å²) in [5.41, 5.74) is 2.60. The van der Waals surface area contributed by atoms with Crippen molar-refractivity contribution in [1.29, 1.82) is 0 Å². The van der Waals surface area contributed by atoms with Crippen LogP contribution in [0.3, 0.4) is 0 Å². The molecule has 1 N–H and O–H groups in total. The van der Waals surface area contributed by atoms with E-state index in [4.69, 9.17) is 19.3 Å². The van der Waals surface area contributed by atoms with E-state index in [-0.39, 0.29) is 5.91 Å². The fourth-order valence-corrected chi connectivity index (χ4v) is 3.17. The molecule has 7 nitrogen and oxygen atoms in total. The molecule has 0 atom stereocenters. The van der Waals surface area contributed by atoms with Gasteiger partial charge in [0, 0.05) is 18.2 Å². The van der Waals surface area contributed by atoms with Crippen LogP contribution in [0.25, 0.3) is 16.9 Å². The first-order chi connectivity index (χ1) is 15.0. The standard InChI is InChI=1S/C24H29N3O4/c1-16(2)12-13-25-24(28)22-15-21(20-11-10-19(30-4)14-23(20)31-5)26-27(22)17-6-8-18(29-3)9-7-17/h6-11,14-16H,12-13H2,1-5H3,(H,25,28). The molecule has 0 aliphatic carbocycles. The third-order valence-electron chi connectivity index (χ3n) is 4.95. The molecule has 1 heterocycles. The fourth-order valence-electron chi connectivity index (χ4n) is 3.17. The second-order valence-corrected chi connectivity index (χ2v) is 7.53. The van der Waals surface area contributed by atoms with E-state index < -0.39 is 0 Å².